The monoisotopic (exact) mass is 297 g/mol. The Morgan fingerprint density at radius 3 is 2.48 bits per heavy atom. The van der Waals surface area contributed by atoms with Gasteiger partial charge in [0.05, 0.1) is 0 Å². The van der Waals surface area contributed by atoms with Crippen molar-refractivity contribution in [3.8, 4) is 5.88 Å². The third-order valence-corrected chi connectivity index (χ3v) is 3.37. The predicted octanol–water partition coefficient (Wildman–Crippen LogP) is 5.59. The second-order valence-electron chi connectivity index (χ2n) is 5.26. The van der Waals surface area contributed by atoms with Crippen LogP contribution >= 0.6 is 0 Å². The number of unbranched alkanes of at least 4 members (excludes halogenated alkanes) is 6. The summed E-state index contributed by atoms with van der Waals surface area (Å²) in [5, 5.41) is 0. The van der Waals surface area contributed by atoms with Gasteiger partial charge in [-0.2, -0.15) is 9.37 Å². The van der Waals surface area contributed by atoms with E-state index in [1.54, 1.807) is 0 Å². The van der Waals surface area contributed by atoms with Crippen LogP contribution in [0, 0.1) is 5.95 Å². The zero-order valence-electron chi connectivity index (χ0n) is 12.8. The number of hydrogen-bond acceptors (Lipinski definition) is 2. The Bertz CT molecular complexity index is 423. The molecular formula is C17H25F2NO. The molecule has 2 nitrogen and oxygen atoms in total. The van der Waals surface area contributed by atoms with Crippen molar-refractivity contribution >= 4 is 0 Å². The maximum absolute atomic E-state index is 13.4. The smallest absolute Gasteiger partial charge is 0.216 e. The van der Waals surface area contributed by atoms with Crippen molar-refractivity contribution in [1.29, 1.82) is 0 Å². The average Bonchev–Trinajstić information content (AvgIpc) is 2.45. The van der Waals surface area contributed by atoms with Gasteiger partial charge in [-0.15, -0.1) is 0 Å². The Hall–Kier alpha value is -1.45. The van der Waals surface area contributed by atoms with Crippen LogP contribution in [0.3, 0.4) is 0 Å². The van der Waals surface area contributed by atoms with Crippen molar-refractivity contribution in [3.05, 3.63) is 36.6 Å². The molecule has 1 aromatic rings. The summed E-state index contributed by atoms with van der Waals surface area (Å²) >= 11 is 0. The standard InChI is InChI=1S/C17H25F2NO/c1-3-4-5-6-7-8-9-11-15(14(2)18)21-17-13-10-12-16(19)20-17/h10,12-13,15H,2-9,11H2,1H3. The third kappa shape index (κ3) is 7.78. The largest absolute Gasteiger partial charge is 0.467 e. The van der Waals surface area contributed by atoms with Crippen LogP contribution < -0.4 is 4.74 Å². The summed E-state index contributed by atoms with van der Waals surface area (Å²) in [4.78, 5) is 3.58. The Labute approximate surface area is 126 Å². The summed E-state index contributed by atoms with van der Waals surface area (Å²) in [7, 11) is 0. The van der Waals surface area contributed by atoms with Crippen molar-refractivity contribution in [2.75, 3.05) is 0 Å². The second-order valence-corrected chi connectivity index (χ2v) is 5.26. The van der Waals surface area contributed by atoms with Crippen LogP contribution in [0.5, 0.6) is 5.88 Å². The molecule has 1 heterocycles. The minimum Gasteiger partial charge on any atom is -0.467 e. The minimum absolute atomic E-state index is 0.0988. The minimum atomic E-state index is -0.741. The lowest BCUT2D eigenvalue weighted by Gasteiger charge is -2.16. The van der Waals surface area contributed by atoms with E-state index in [2.05, 4.69) is 18.5 Å². The van der Waals surface area contributed by atoms with Crippen molar-refractivity contribution in [1.82, 2.24) is 4.98 Å². The normalized spacial score (nSPS) is 12.1. The first-order valence-electron chi connectivity index (χ1n) is 7.77. The molecule has 0 aliphatic rings. The van der Waals surface area contributed by atoms with Gasteiger partial charge in [0.1, 0.15) is 5.83 Å². The van der Waals surface area contributed by atoms with Gasteiger partial charge >= 0.3 is 0 Å². The molecule has 4 heteroatoms. The first-order valence-corrected chi connectivity index (χ1v) is 7.77. The van der Waals surface area contributed by atoms with Crippen molar-refractivity contribution in [3.63, 3.8) is 0 Å². The second kappa shape index (κ2) is 10.3. The molecule has 0 aliphatic heterocycles. The zero-order valence-corrected chi connectivity index (χ0v) is 12.8. The van der Waals surface area contributed by atoms with Gasteiger partial charge < -0.3 is 4.74 Å². The van der Waals surface area contributed by atoms with Crippen molar-refractivity contribution in [2.24, 2.45) is 0 Å². The van der Waals surface area contributed by atoms with E-state index in [4.69, 9.17) is 4.74 Å². The highest BCUT2D eigenvalue weighted by Gasteiger charge is 2.15. The Morgan fingerprint density at radius 1 is 1.19 bits per heavy atom. The maximum Gasteiger partial charge on any atom is 0.216 e. The number of pyridine rings is 1. The summed E-state index contributed by atoms with van der Waals surface area (Å²) in [5.41, 5.74) is 0. The molecule has 118 valence electrons. The molecule has 0 amide bonds. The Kier molecular flexibility index (Phi) is 8.63. The van der Waals surface area contributed by atoms with E-state index in [0.717, 1.165) is 19.3 Å². The van der Waals surface area contributed by atoms with Crippen molar-refractivity contribution in [2.45, 2.75) is 64.4 Å². The molecule has 0 saturated heterocycles. The Balaban J connectivity index is 2.29. The highest BCUT2D eigenvalue weighted by Crippen LogP contribution is 2.19. The quantitative estimate of drug-likeness (QED) is 0.392. The van der Waals surface area contributed by atoms with Gasteiger partial charge in [0, 0.05) is 6.07 Å². The van der Waals surface area contributed by atoms with Gasteiger partial charge in [-0.05, 0) is 18.9 Å². The topological polar surface area (TPSA) is 22.1 Å². The van der Waals surface area contributed by atoms with Gasteiger partial charge in [-0.25, -0.2) is 4.39 Å². The molecule has 0 fully saturated rings. The first kappa shape index (κ1) is 17.6. The fourth-order valence-electron chi connectivity index (χ4n) is 2.17. The summed E-state index contributed by atoms with van der Waals surface area (Å²) in [6.45, 7) is 5.49. The highest BCUT2D eigenvalue weighted by molar-refractivity contribution is 5.12. The molecule has 0 N–H and O–H groups in total. The van der Waals surface area contributed by atoms with E-state index in [-0.39, 0.29) is 5.88 Å². The number of ether oxygens (including phenoxy) is 1. The molecule has 0 bridgehead atoms. The number of aromatic nitrogens is 1. The highest BCUT2D eigenvalue weighted by atomic mass is 19.1. The van der Waals surface area contributed by atoms with Gasteiger partial charge in [0.25, 0.3) is 0 Å². The third-order valence-electron chi connectivity index (χ3n) is 3.37. The van der Waals surface area contributed by atoms with E-state index in [0.29, 0.717) is 6.42 Å². The SMILES string of the molecule is C=C(F)C(CCCCCCCCC)Oc1cccc(F)n1. The van der Waals surface area contributed by atoms with Gasteiger partial charge in [-0.1, -0.05) is 58.1 Å². The van der Waals surface area contributed by atoms with Crippen LogP contribution in [0.4, 0.5) is 8.78 Å². The summed E-state index contributed by atoms with van der Waals surface area (Å²) < 4.78 is 31.7. The molecule has 0 spiro atoms. The molecule has 0 saturated carbocycles. The van der Waals surface area contributed by atoms with Gasteiger partial charge in [-0.3, -0.25) is 0 Å². The van der Waals surface area contributed by atoms with Crippen LogP contribution in [0.25, 0.3) is 0 Å². The van der Waals surface area contributed by atoms with Crippen LogP contribution in [-0.2, 0) is 0 Å². The van der Waals surface area contributed by atoms with Crippen LogP contribution in [0.15, 0.2) is 30.6 Å². The lowest BCUT2D eigenvalue weighted by atomic mass is 10.1. The fourth-order valence-corrected chi connectivity index (χ4v) is 2.17. The average molecular weight is 297 g/mol. The number of nitrogens with zero attached hydrogens (tertiary/aromatic N) is 1. The molecule has 1 rings (SSSR count). The van der Waals surface area contributed by atoms with Crippen LogP contribution in [0.1, 0.15) is 58.3 Å². The number of hydrogen-bond donors (Lipinski definition) is 0. The Morgan fingerprint density at radius 2 is 1.86 bits per heavy atom. The lowest BCUT2D eigenvalue weighted by molar-refractivity contribution is 0.185. The number of rotatable bonds is 11. The van der Waals surface area contributed by atoms with Gasteiger partial charge in [0.15, 0.2) is 6.10 Å². The van der Waals surface area contributed by atoms with Crippen LogP contribution in [0.2, 0.25) is 0 Å². The van der Waals surface area contributed by atoms with Crippen LogP contribution in [-0.4, -0.2) is 11.1 Å². The maximum atomic E-state index is 13.4. The van der Waals surface area contributed by atoms with E-state index in [1.165, 1.54) is 43.9 Å². The molecular weight excluding hydrogens is 272 g/mol. The molecule has 21 heavy (non-hydrogen) atoms. The van der Waals surface area contributed by atoms with E-state index >= 15 is 0 Å². The summed E-state index contributed by atoms with van der Waals surface area (Å²) in [6.07, 6.45) is 7.88. The predicted molar refractivity (Wildman–Crippen MR) is 81.5 cm³/mol. The first-order chi connectivity index (χ1) is 10.1. The summed E-state index contributed by atoms with van der Waals surface area (Å²) in [6, 6.07) is 4.23. The number of halogens is 2. The zero-order chi connectivity index (χ0) is 15.5. The van der Waals surface area contributed by atoms with E-state index < -0.39 is 17.9 Å². The molecule has 1 aromatic heterocycles. The summed E-state index contributed by atoms with van der Waals surface area (Å²) in [5.74, 6) is -1.07. The molecule has 0 radical (unpaired) electrons. The van der Waals surface area contributed by atoms with E-state index in [9.17, 15) is 8.78 Å². The molecule has 0 aliphatic carbocycles. The van der Waals surface area contributed by atoms with Gasteiger partial charge in [0.2, 0.25) is 11.8 Å². The molecule has 0 aromatic carbocycles. The fraction of sp³-hybridized carbons (Fsp3) is 0.588. The molecule has 1 unspecified atom stereocenters. The van der Waals surface area contributed by atoms with E-state index in [1.807, 2.05) is 0 Å². The lowest BCUT2D eigenvalue weighted by Crippen LogP contribution is -2.17. The van der Waals surface area contributed by atoms with Crippen molar-refractivity contribution < 1.29 is 13.5 Å². The molecule has 1 atom stereocenters.